The van der Waals surface area contributed by atoms with Gasteiger partial charge in [-0.1, -0.05) is 6.07 Å². The van der Waals surface area contributed by atoms with Gasteiger partial charge in [0.15, 0.2) is 0 Å². The number of pyridine rings is 1. The van der Waals surface area contributed by atoms with E-state index >= 15 is 0 Å². The first-order valence-corrected chi connectivity index (χ1v) is 6.60. The zero-order valence-electron chi connectivity index (χ0n) is 10.7. The summed E-state index contributed by atoms with van der Waals surface area (Å²) in [5.41, 5.74) is 1.46. The van der Waals surface area contributed by atoms with Crippen LogP contribution in [0.4, 0.5) is 0 Å². The van der Waals surface area contributed by atoms with Gasteiger partial charge in [0.25, 0.3) is 0 Å². The van der Waals surface area contributed by atoms with Gasteiger partial charge in [-0.15, -0.1) is 0 Å². The van der Waals surface area contributed by atoms with Crippen molar-refractivity contribution in [2.45, 2.75) is 32.4 Å². The second-order valence-electron chi connectivity index (χ2n) is 5.66. The molecule has 1 N–H and O–H groups in total. The van der Waals surface area contributed by atoms with Crippen LogP contribution in [0.5, 0.6) is 0 Å². The third-order valence-corrected chi connectivity index (χ3v) is 4.04. The first-order chi connectivity index (χ1) is 8.69. The maximum absolute atomic E-state index is 12.3. The predicted octanol–water partition coefficient (Wildman–Crippen LogP) is 1.18. The zero-order chi connectivity index (χ0) is 12.6. The van der Waals surface area contributed by atoms with E-state index < -0.39 is 0 Å². The van der Waals surface area contributed by atoms with Gasteiger partial charge in [0.05, 0.1) is 6.04 Å². The van der Waals surface area contributed by atoms with Crippen molar-refractivity contribution in [2.75, 3.05) is 13.1 Å². The van der Waals surface area contributed by atoms with Crippen LogP contribution in [0.1, 0.15) is 25.3 Å². The summed E-state index contributed by atoms with van der Waals surface area (Å²) in [7, 11) is 0. The van der Waals surface area contributed by atoms with Crippen LogP contribution >= 0.6 is 0 Å². The molecular formula is C14H19N3O. The van der Waals surface area contributed by atoms with Crippen LogP contribution < -0.4 is 5.32 Å². The Hall–Kier alpha value is -1.42. The molecule has 4 nitrogen and oxygen atoms in total. The van der Waals surface area contributed by atoms with Gasteiger partial charge >= 0.3 is 0 Å². The standard InChI is InChI=1S/C14H19N3O/c1-11-13(18)17(8-12-3-2-6-15-7-12)10-14(4-5-14)9-16-11/h2-3,6-7,11,16H,4-5,8-10H2,1H3. The Morgan fingerprint density at radius 1 is 1.56 bits per heavy atom. The smallest absolute Gasteiger partial charge is 0.239 e. The quantitative estimate of drug-likeness (QED) is 0.851. The molecular weight excluding hydrogens is 226 g/mol. The summed E-state index contributed by atoms with van der Waals surface area (Å²) in [6, 6.07) is 3.89. The number of hydrogen-bond donors (Lipinski definition) is 1. The number of nitrogens with one attached hydrogen (secondary N) is 1. The van der Waals surface area contributed by atoms with E-state index in [1.807, 2.05) is 30.2 Å². The summed E-state index contributed by atoms with van der Waals surface area (Å²) in [5.74, 6) is 0.211. The molecule has 1 aromatic heterocycles. The molecule has 2 heterocycles. The van der Waals surface area contributed by atoms with Crippen molar-refractivity contribution in [3.8, 4) is 0 Å². The topological polar surface area (TPSA) is 45.2 Å². The lowest BCUT2D eigenvalue weighted by Crippen LogP contribution is -2.41. The fraction of sp³-hybridized carbons (Fsp3) is 0.571. The van der Waals surface area contributed by atoms with Crippen molar-refractivity contribution in [1.82, 2.24) is 15.2 Å². The molecule has 4 heteroatoms. The van der Waals surface area contributed by atoms with Crippen molar-refractivity contribution in [2.24, 2.45) is 5.41 Å². The maximum Gasteiger partial charge on any atom is 0.239 e. The maximum atomic E-state index is 12.3. The molecule has 96 valence electrons. The van der Waals surface area contributed by atoms with E-state index in [0.717, 1.165) is 18.7 Å². The van der Waals surface area contributed by atoms with E-state index in [-0.39, 0.29) is 11.9 Å². The van der Waals surface area contributed by atoms with Crippen LogP contribution in [0.25, 0.3) is 0 Å². The fourth-order valence-corrected chi connectivity index (χ4v) is 2.63. The van der Waals surface area contributed by atoms with Crippen molar-refractivity contribution in [1.29, 1.82) is 0 Å². The minimum atomic E-state index is -0.0679. The minimum absolute atomic E-state index is 0.0679. The van der Waals surface area contributed by atoms with Gasteiger partial charge in [-0.3, -0.25) is 9.78 Å². The van der Waals surface area contributed by atoms with Gasteiger partial charge in [-0.25, -0.2) is 0 Å². The summed E-state index contributed by atoms with van der Waals surface area (Å²) in [6.45, 7) is 4.50. The van der Waals surface area contributed by atoms with Crippen molar-refractivity contribution in [3.05, 3.63) is 30.1 Å². The van der Waals surface area contributed by atoms with E-state index in [4.69, 9.17) is 0 Å². The minimum Gasteiger partial charge on any atom is -0.336 e. The molecule has 1 aliphatic heterocycles. The third-order valence-electron chi connectivity index (χ3n) is 4.04. The Labute approximate surface area is 107 Å². The van der Waals surface area contributed by atoms with Gasteiger partial charge < -0.3 is 10.2 Å². The molecule has 1 saturated heterocycles. The Morgan fingerprint density at radius 2 is 2.39 bits per heavy atom. The Balaban J connectivity index is 1.77. The summed E-state index contributed by atoms with van der Waals surface area (Å²) < 4.78 is 0. The molecule has 0 bridgehead atoms. The number of amides is 1. The number of rotatable bonds is 2. The molecule has 1 atom stereocenters. The van der Waals surface area contributed by atoms with Gasteiger partial charge in [-0.2, -0.15) is 0 Å². The van der Waals surface area contributed by atoms with E-state index in [9.17, 15) is 4.79 Å². The first kappa shape index (κ1) is 11.7. The number of aromatic nitrogens is 1. The van der Waals surface area contributed by atoms with Crippen LogP contribution in [-0.4, -0.2) is 34.9 Å². The highest BCUT2D eigenvalue weighted by Gasteiger charge is 2.47. The number of hydrogen-bond acceptors (Lipinski definition) is 3. The monoisotopic (exact) mass is 245 g/mol. The average molecular weight is 245 g/mol. The first-order valence-electron chi connectivity index (χ1n) is 6.60. The van der Waals surface area contributed by atoms with Crippen molar-refractivity contribution >= 4 is 5.91 Å². The summed E-state index contributed by atoms with van der Waals surface area (Å²) >= 11 is 0. The highest BCUT2D eigenvalue weighted by molar-refractivity contribution is 5.82. The highest BCUT2D eigenvalue weighted by Crippen LogP contribution is 2.46. The molecule has 2 aliphatic rings. The molecule has 1 spiro atoms. The second kappa shape index (κ2) is 4.35. The lowest BCUT2D eigenvalue weighted by atomic mass is 10.1. The fourth-order valence-electron chi connectivity index (χ4n) is 2.63. The molecule has 1 aromatic rings. The number of carbonyl (C=O) groups excluding carboxylic acids is 1. The molecule has 0 aromatic carbocycles. The number of nitrogens with zero attached hydrogens (tertiary/aromatic N) is 2. The van der Waals surface area contributed by atoms with E-state index in [1.54, 1.807) is 6.20 Å². The molecule has 1 aliphatic carbocycles. The van der Waals surface area contributed by atoms with E-state index in [2.05, 4.69) is 10.3 Å². The largest absolute Gasteiger partial charge is 0.336 e. The SMILES string of the molecule is CC1NCC2(CC2)CN(Cc2cccnc2)C1=O. The summed E-state index contributed by atoms with van der Waals surface area (Å²) in [4.78, 5) is 18.4. The predicted molar refractivity (Wildman–Crippen MR) is 68.8 cm³/mol. The highest BCUT2D eigenvalue weighted by atomic mass is 16.2. The third kappa shape index (κ3) is 2.25. The van der Waals surface area contributed by atoms with Crippen molar-refractivity contribution in [3.63, 3.8) is 0 Å². The molecule has 1 unspecified atom stereocenters. The van der Waals surface area contributed by atoms with Crippen LogP contribution in [0.15, 0.2) is 24.5 Å². The molecule has 1 amide bonds. The lowest BCUT2D eigenvalue weighted by molar-refractivity contribution is -0.133. The number of carbonyl (C=O) groups is 1. The van der Waals surface area contributed by atoms with Gasteiger partial charge in [-0.05, 0) is 31.4 Å². The van der Waals surface area contributed by atoms with Gasteiger partial charge in [0, 0.05) is 37.4 Å². The van der Waals surface area contributed by atoms with E-state index in [0.29, 0.717) is 12.0 Å². The van der Waals surface area contributed by atoms with E-state index in [1.165, 1.54) is 12.8 Å². The Kier molecular flexibility index (Phi) is 2.82. The normalized spacial score (nSPS) is 26.2. The van der Waals surface area contributed by atoms with Crippen LogP contribution in [-0.2, 0) is 11.3 Å². The lowest BCUT2D eigenvalue weighted by Gasteiger charge is -2.25. The Bertz CT molecular complexity index is 442. The van der Waals surface area contributed by atoms with Crippen molar-refractivity contribution < 1.29 is 4.79 Å². The Morgan fingerprint density at radius 3 is 3.06 bits per heavy atom. The molecule has 0 radical (unpaired) electrons. The second-order valence-corrected chi connectivity index (χ2v) is 5.66. The van der Waals surface area contributed by atoms with Gasteiger partial charge in [0.1, 0.15) is 0 Å². The van der Waals surface area contributed by atoms with Crippen LogP contribution in [0.3, 0.4) is 0 Å². The molecule has 3 rings (SSSR count). The molecule has 18 heavy (non-hydrogen) atoms. The van der Waals surface area contributed by atoms with Crippen LogP contribution in [0.2, 0.25) is 0 Å². The summed E-state index contributed by atoms with van der Waals surface area (Å²) in [5, 5.41) is 3.36. The average Bonchev–Trinajstić information content (AvgIpc) is 3.16. The molecule has 2 fully saturated rings. The van der Waals surface area contributed by atoms with Gasteiger partial charge in [0.2, 0.25) is 5.91 Å². The van der Waals surface area contributed by atoms with Crippen LogP contribution in [0, 0.1) is 5.41 Å². The zero-order valence-corrected chi connectivity index (χ0v) is 10.7. The molecule has 1 saturated carbocycles. The summed E-state index contributed by atoms with van der Waals surface area (Å²) in [6.07, 6.45) is 6.09.